The highest BCUT2D eigenvalue weighted by Gasteiger charge is 2.33. The van der Waals surface area contributed by atoms with Crippen molar-refractivity contribution in [3.8, 4) is 0 Å². The van der Waals surface area contributed by atoms with E-state index in [9.17, 15) is 8.42 Å². The number of hydrogen-bond donors (Lipinski definition) is 1. The molecule has 21 heavy (non-hydrogen) atoms. The van der Waals surface area contributed by atoms with Crippen molar-refractivity contribution < 1.29 is 13.2 Å². The molecule has 0 saturated carbocycles. The van der Waals surface area contributed by atoms with Crippen LogP contribution < -0.4 is 5.32 Å². The van der Waals surface area contributed by atoms with Crippen LogP contribution in [0.1, 0.15) is 16.3 Å². The van der Waals surface area contributed by atoms with E-state index in [1.165, 1.54) is 4.88 Å². The Labute approximate surface area is 131 Å². The molecule has 7 heteroatoms. The van der Waals surface area contributed by atoms with Crippen LogP contribution >= 0.6 is 11.3 Å². The molecular weight excluding hydrogens is 308 g/mol. The Balaban J connectivity index is 1.96. The molecule has 1 fully saturated rings. The van der Waals surface area contributed by atoms with E-state index in [4.69, 9.17) is 4.74 Å². The van der Waals surface area contributed by atoms with Crippen molar-refractivity contribution in [1.29, 1.82) is 0 Å². The zero-order valence-corrected chi connectivity index (χ0v) is 14.3. The molecule has 0 spiro atoms. The molecular formula is C14H24N2O3S2. The maximum Gasteiger partial charge on any atom is 0.150 e. The predicted molar refractivity (Wildman–Crippen MR) is 85.6 cm³/mol. The van der Waals surface area contributed by atoms with Gasteiger partial charge >= 0.3 is 0 Å². The Morgan fingerprint density at radius 1 is 1.57 bits per heavy atom. The van der Waals surface area contributed by atoms with Crippen molar-refractivity contribution in [2.75, 3.05) is 38.3 Å². The molecule has 1 aliphatic rings. The van der Waals surface area contributed by atoms with Crippen LogP contribution in [-0.4, -0.2) is 51.7 Å². The van der Waals surface area contributed by atoms with E-state index in [0.29, 0.717) is 24.0 Å². The number of hydrogen-bond acceptors (Lipinski definition) is 6. The van der Waals surface area contributed by atoms with E-state index in [2.05, 4.69) is 10.3 Å². The molecule has 2 unspecified atom stereocenters. The Morgan fingerprint density at radius 3 is 2.95 bits per heavy atom. The summed E-state index contributed by atoms with van der Waals surface area (Å²) in [7, 11) is -1.14. The molecule has 1 N–H and O–H groups in total. The summed E-state index contributed by atoms with van der Waals surface area (Å²) >= 11 is 1.71. The lowest BCUT2D eigenvalue weighted by Gasteiger charge is -2.22. The highest BCUT2D eigenvalue weighted by molar-refractivity contribution is 7.91. The van der Waals surface area contributed by atoms with Crippen molar-refractivity contribution in [2.24, 2.45) is 11.8 Å². The Hall–Kier alpha value is -0.500. The van der Waals surface area contributed by atoms with Crippen LogP contribution in [0.3, 0.4) is 0 Å². The van der Waals surface area contributed by atoms with Gasteiger partial charge < -0.3 is 10.1 Å². The van der Waals surface area contributed by atoms with E-state index < -0.39 is 9.84 Å². The average Bonchev–Trinajstić information content (AvgIpc) is 2.99. The molecule has 2 rings (SSSR count). The van der Waals surface area contributed by atoms with Crippen molar-refractivity contribution in [1.82, 2.24) is 10.3 Å². The first-order valence-electron chi connectivity index (χ1n) is 7.31. The minimum Gasteiger partial charge on any atom is -0.383 e. The third-order valence-corrected chi connectivity index (χ3v) is 6.69. The van der Waals surface area contributed by atoms with E-state index in [1.807, 2.05) is 13.1 Å². The fourth-order valence-electron chi connectivity index (χ4n) is 2.82. The SMILES string of the molecule is COCCNCC(Cc1cnc(C)s1)C1CCS(=O)(=O)C1. The third kappa shape index (κ3) is 5.32. The first-order valence-corrected chi connectivity index (χ1v) is 9.95. The van der Waals surface area contributed by atoms with Gasteiger partial charge in [0.1, 0.15) is 0 Å². The molecule has 1 aromatic rings. The average molecular weight is 332 g/mol. The van der Waals surface area contributed by atoms with Gasteiger partial charge in [0.25, 0.3) is 0 Å². The molecule has 0 aliphatic carbocycles. The monoisotopic (exact) mass is 332 g/mol. The Morgan fingerprint density at radius 2 is 2.38 bits per heavy atom. The minimum atomic E-state index is -2.83. The molecule has 0 aromatic carbocycles. The van der Waals surface area contributed by atoms with E-state index in [0.717, 1.165) is 30.9 Å². The molecule has 0 radical (unpaired) electrons. The van der Waals surface area contributed by atoms with Crippen LogP contribution in [0, 0.1) is 18.8 Å². The fourth-order valence-corrected chi connectivity index (χ4v) is 5.63. The molecule has 1 aliphatic heterocycles. The molecule has 5 nitrogen and oxygen atoms in total. The lowest BCUT2D eigenvalue weighted by atomic mass is 9.88. The van der Waals surface area contributed by atoms with Crippen LogP contribution in [0.25, 0.3) is 0 Å². The van der Waals surface area contributed by atoms with Gasteiger partial charge in [-0.05, 0) is 38.1 Å². The van der Waals surface area contributed by atoms with Gasteiger partial charge in [-0.2, -0.15) is 0 Å². The van der Waals surface area contributed by atoms with Crippen molar-refractivity contribution >= 4 is 21.2 Å². The van der Waals surface area contributed by atoms with Gasteiger partial charge in [0, 0.05) is 24.7 Å². The molecule has 120 valence electrons. The van der Waals surface area contributed by atoms with Gasteiger partial charge in [0.05, 0.1) is 23.1 Å². The molecule has 0 amide bonds. The summed E-state index contributed by atoms with van der Waals surface area (Å²) < 4.78 is 28.5. The Bertz CT molecular complexity index is 542. The van der Waals surface area contributed by atoms with Crippen LogP contribution in [0.15, 0.2) is 6.20 Å². The lowest BCUT2D eigenvalue weighted by Crippen LogP contribution is -2.32. The summed E-state index contributed by atoms with van der Waals surface area (Å²) in [5.74, 6) is 1.28. The summed E-state index contributed by atoms with van der Waals surface area (Å²) in [5, 5.41) is 4.45. The second-order valence-electron chi connectivity index (χ2n) is 5.67. The lowest BCUT2D eigenvalue weighted by molar-refractivity contribution is 0.195. The van der Waals surface area contributed by atoms with E-state index >= 15 is 0 Å². The van der Waals surface area contributed by atoms with Gasteiger partial charge in [-0.15, -0.1) is 11.3 Å². The standard InChI is InChI=1S/C14H24N2O3S2/c1-11-16-9-14(20-11)7-13(8-15-4-5-19-2)12-3-6-21(17,18)10-12/h9,12-13,15H,3-8,10H2,1-2H3. The second kappa shape index (κ2) is 7.67. The number of aromatic nitrogens is 1. The summed E-state index contributed by atoms with van der Waals surface area (Å²) in [6.45, 7) is 4.31. The highest BCUT2D eigenvalue weighted by atomic mass is 32.2. The number of aryl methyl sites for hydroxylation is 1. The predicted octanol–water partition coefficient (Wildman–Crippen LogP) is 1.28. The van der Waals surface area contributed by atoms with Crippen molar-refractivity contribution in [3.63, 3.8) is 0 Å². The number of methoxy groups -OCH3 is 1. The van der Waals surface area contributed by atoms with E-state index in [-0.39, 0.29) is 5.92 Å². The summed E-state index contributed by atoms with van der Waals surface area (Å²) in [5.41, 5.74) is 0. The normalized spacial score (nSPS) is 22.5. The Kier molecular flexibility index (Phi) is 6.16. The summed E-state index contributed by atoms with van der Waals surface area (Å²) in [4.78, 5) is 5.54. The quantitative estimate of drug-likeness (QED) is 0.726. The third-order valence-electron chi connectivity index (χ3n) is 3.96. The number of ether oxygens (including phenoxy) is 1. The van der Waals surface area contributed by atoms with E-state index in [1.54, 1.807) is 18.4 Å². The highest BCUT2D eigenvalue weighted by Crippen LogP contribution is 2.29. The smallest absolute Gasteiger partial charge is 0.150 e. The summed E-state index contributed by atoms with van der Waals surface area (Å²) in [6.07, 6.45) is 3.62. The first-order chi connectivity index (χ1) is 10.00. The number of sulfone groups is 1. The van der Waals surface area contributed by atoms with Gasteiger partial charge in [-0.3, -0.25) is 0 Å². The molecule has 0 bridgehead atoms. The zero-order chi connectivity index (χ0) is 15.3. The summed E-state index contributed by atoms with van der Waals surface area (Å²) in [6, 6.07) is 0. The topological polar surface area (TPSA) is 68.3 Å². The number of rotatable bonds is 8. The maximum absolute atomic E-state index is 11.7. The van der Waals surface area contributed by atoms with Crippen LogP contribution in [-0.2, 0) is 21.0 Å². The van der Waals surface area contributed by atoms with Gasteiger partial charge in [0.2, 0.25) is 0 Å². The van der Waals surface area contributed by atoms with Gasteiger partial charge in [-0.25, -0.2) is 13.4 Å². The molecule has 1 aromatic heterocycles. The van der Waals surface area contributed by atoms with Crippen molar-refractivity contribution in [3.05, 3.63) is 16.1 Å². The van der Waals surface area contributed by atoms with Crippen LogP contribution in [0.4, 0.5) is 0 Å². The van der Waals surface area contributed by atoms with Gasteiger partial charge in [0.15, 0.2) is 9.84 Å². The molecule has 2 heterocycles. The molecule has 1 saturated heterocycles. The fraction of sp³-hybridized carbons (Fsp3) is 0.786. The second-order valence-corrected chi connectivity index (χ2v) is 9.22. The zero-order valence-electron chi connectivity index (χ0n) is 12.7. The van der Waals surface area contributed by atoms with Gasteiger partial charge in [-0.1, -0.05) is 0 Å². The maximum atomic E-state index is 11.7. The number of nitrogens with zero attached hydrogens (tertiary/aromatic N) is 1. The minimum absolute atomic E-state index is 0.257. The van der Waals surface area contributed by atoms with Crippen LogP contribution in [0.2, 0.25) is 0 Å². The number of thiazole rings is 1. The molecule has 2 atom stereocenters. The van der Waals surface area contributed by atoms with Crippen molar-refractivity contribution in [2.45, 2.75) is 19.8 Å². The number of nitrogens with one attached hydrogen (secondary N) is 1. The largest absolute Gasteiger partial charge is 0.383 e. The first kappa shape index (κ1) is 16.9. The van der Waals surface area contributed by atoms with Crippen LogP contribution in [0.5, 0.6) is 0 Å².